The molecule has 6 heteroatoms. The Balaban J connectivity index is 2.27. The highest BCUT2D eigenvalue weighted by atomic mass is 19.1. The average Bonchev–Trinajstić information content (AvgIpc) is 2.43. The lowest BCUT2D eigenvalue weighted by Gasteiger charge is -2.17. The molecular weight excluding hydrogens is 278 g/mol. The van der Waals surface area contributed by atoms with Gasteiger partial charge in [0.2, 0.25) is 0 Å². The first-order valence-electron chi connectivity index (χ1n) is 6.35. The van der Waals surface area contributed by atoms with Gasteiger partial charge in [0.05, 0.1) is 17.1 Å². The number of nitro benzene ring substituents is 1. The molecule has 0 heterocycles. The molecule has 0 spiro atoms. The van der Waals surface area contributed by atoms with Crippen molar-refractivity contribution in [3.8, 4) is 0 Å². The van der Waals surface area contributed by atoms with E-state index in [2.05, 4.69) is 5.32 Å². The molecule has 0 amide bonds. The van der Waals surface area contributed by atoms with E-state index in [-0.39, 0.29) is 11.7 Å². The summed E-state index contributed by atoms with van der Waals surface area (Å²) in [5.74, 6) is -1.97. The highest BCUT2D eigenvalue weighted by Gasteiger charge is 2.18. The van der Waals surface area contributed by atoms with Gasteiger partial charge in [-0.15, -0.1) is 0 Å². The minimum absolute atomic E-state index is 0.337. The van der Waals surface area contributed by atoms with E-state index >= 15 is 0 Å². The first-order valence-corrected chi connectivity index (χ1v) is 6.35. The van der Waals surface area contributed by atoms with Crippen LogP contribution in [-0.2, 0) is 0 Å². The standard InChI is InChI=1S/C15H14F2N2O2/c1-9-3-5-11(6-4-9)10(2)18-15-13(16)7-12(19(20)21)8-14(15)17/h3-8,10,18H,1-2H3. The molecule has 1 unspecified atom stereocenters. The van der Waals surface area contributed by atoms with Crippen molar-refractivity contribution in [1.82, 2.24) is 0 Å². The van der Waals surface area contributed by atoms with Gasteiger partial charge in [0, 0.05) is 6.04 Å². The molecule has 2 aromatic rings. The lowest BCUT2D eigenvalue weighted by molar-refractivity contribution is -0.385. The van der Waals surface area contributed by atoms with Crippen LogP contribution in [0.4, 0.5) is 20.2 Å². The van der Waals surface area contributed by atoms with Crippen LogP contribution in [0, 0.1) is 28.7 Å². The number of nitro groups is 1. The fourth-order valence-corrected chi connectivity index (χ4v) is 1.96. The van der Waals surface area contributed by atoms with E-state index in [1.54, 1.807) is 6.92 Å². The Hall–Kier alpha value is -2.50. The van der Waals surface area contributed by atoms with E-state index in [9.17, 15) is 18.9 Å². The van der Waals surface area contributed by atoms with Crippen molar-refractivity contribution in [2.45, 2.75) is 19.9 Å². The monoisotopic (exact) mass is 292 g/mol. The van der Waals surface area contributed by atoms with E-state index in [0.717, 1.165) is 11.1 Å². The minimum Gasteiger partial charge on any atom is -0.374 e. The van der Waals surface area contributed by atoms with Gasteiger partial charge < -0.3 is 5.32 Å². The van der Waals surface area contributed by atoms with Gasteiger partial charge in [0.1, 0.15) is 5.69 Å². The van der Waals surface area contributed by atoms with E-state index in [0.29, 0.717) is 12.1 Å². The van der Waals surface area contributed by atoms with Crippen molar-refractivity contribution in [1.29, 1.82) is 0 Å². The molecular formula is C15H14F2N2O2. The topological polar surface area (TPSA) is 55.2 Å². The van der Waals surface area contributed by atoms with Crippen molar-refractivity contribution in [2.24, 2.45) is 0 Å². The maximum absolute atomic E-state index is 13.8. The van der Waals surface area contributed by atoms with Crippen LogP contribution in [0.2, 0.25) is 0 Å². The second-order valence-electron chi connectivity index (χ2n) is 4.82. The van der Waals surface area contributed by atoms with Crippen LogP contribution < -0.4 is 5.32 Å². The summed E-state index contributed by atoms with van der Waals surface area (Å²) < 4.78 is 27.6. The molecule has 2 rings (SSSR count). The number of hydrogen-bond acceptors (Lipinski definition) is 3. The van der Waals surface area contributed by atoms with Crippen LogP contribution in [0.1, 0.15) is 24.1 Å². The van der Waals surface area contributed by atoms with Crippen LogP contribution in [0.3, 0.4) is 0 Å². The molecule has 0 aromatic heterocycles. The number of non-ortho nitro benzene ring substituents is 1. The highest BCUT2D eigenvalue weighted by molar-refractivity contribution is 5.53. The molecule has 1 atom stereocenters. The zero-order valence-corrected chi connectivity index (χ0v) is 11.6. The molecule has 4 nitrogen and oxygen atoms in total. The minimum atomic E-state index is -0.985. The van der Waals surface area contributed by atoms with Gasteiger partial charge in [0.25, 0.3) is 5.69 Å². The zero-order chi connectivity index (χ0) is 15.6. The molecule has 2 aromatic carbocycles. The fraction of sp³-hybridized carbons (Fsp3) is 0.200. The SMILES string of the molecule is Cc1ccc(C(C)Nc2c(F)cc([N+](=O)[O-])cc2F)cc1. The largest absolute Gasteiger partial charge is 0.374 e. The van der Waals surface area contributed by atoms with E-state index in [1.807, 2.05) is 31.2 Å². The van der Waals surface area contributed by atoms with Crippen LogP contribution in [-0.4, -0.2) is 4.92 Å². The Morgan fingerprint density at radius 2 is 1.67 bits per heavy atom. The first kappa shape index (κ1) is 14.9. The predicted molar refractivity (Wildman–Crippen MR) is 76.2 cm³/mol. The molecule has 0 saturated carbocycles. The number of nitrogens with zero attached hydrogens (tertiary/aromatic N) is 1. The molecule has 0 aliphatic carbocycles. The van der Waals surface area contributed by atoms with Crippen molar-refractivity contribution in [3.05, 3.63) is 69.3 Å². The third-order valence-corrected chi connectivity index (χ3v) is 3.18. The van der Waals surface area contributed by atoms with Gasteiger partial charge in [-0.05, 0) is 19.4 Å². The van der Waals surface area contributed by atoms with Crippen LogP contribution in [0.15, 0.2) is 36.4 Å². The van der Waals surface area contributed by atoms with Crippen molar-refractivity contribution < 1.29 is 13.7 Å². The molecule has 0 fully saturated rings. The second kappa shape index (κ2) is 5.87. The molecule has 1 N–H and O–H groups in total. The second-order valence-corrected chi connectivity index (χ2v) is 4.82. The maximum atomic E-state index is 13.8. The Labute approximate surface area is 120 Å². The van der Waals surface area contributed by atoms with E-state index < -0.39 is 22.2 Å². The molecule has 0 aliphatic heterocycles. The Bertz CT molecular complexity index is 649. The van der Waals surface area contributed by atoms with Gasteiger partial charge in [-0.25, -0.2) is 8.78 Å². The molecule has 21 heavy (non-hydrogen) atoms. The van der Waals surface area contributed by atoms with Crippen molar-refractivity contribution in [2.75, 3.05) is 5.32 Å². The number of benzene rings is 2. The van der Waals surface area contributed by atoms with E-state index in [4.69, 9.17) is 0 Å². The van der Waals surface area contributed by atoms with Crippen LogP contribution in [0.5, 0.6) is 0 Å². The van der Waals surface area contributed by atoms with Gasteiger partial charge in [-0.1, -0.05) is 29.8 Å². The summed E-state index contributed by atoms with van der Waals surface area (Å²) in [5, 5.41) is 13.3. The third kappa shape index (κ3) is 3.34. The normalized spacial score (nSPS) is 12.0. The van der Waals surface area contributed by atoms with Gasteiger partial charge in [-0.3, -0.25) is 10.1 Å². The van der Waals surface area contributed by atoms with Gasteiger partial charge >= 0.3 is 0 Å². The summed E-state index contributed by atoms with van der Waals surface area (Å²) in [6, 6.07) is 8.57. The summed E-state index contributed by atoms with van der Waals surface area (Å²) in [5.41, 5.74) is 0.962. The lowest BCUT2D eigenvalue weighted by atomic mass is 10.1. The molecule has 0 radical (unpaired) electrons. The van der Waals surface area contributed by atoms with Crippen LogP contribution in [0.25, 0.3) is 0 Å². The predicted octanol–water partition coefficient (Wildman–Crippen LogP) is 4.35. The smallest absolute Gasteiger partial charge is 0.275 e. The number of rotatable bonds is 4. The number of anilines is 1. The number of aryl methyl sites for hydroxylation is 1. The maximum Gasteiger partial charge on any atom is 0.275 e. The molecule has 0 aliphatic rings. The molecule has 0 saturated heterocycles. The van der Waals surface area contributed by atoms with Gasteiger partial charge in [0.15, 0.2) is 11.6 Å². The average molecular weight is 292 g/mol. The fourth-order valence-electron chi connectivity index (χ4n) is 1.96. The summed E-state index contributed by atoms with van der Waals surface area (Å²) >= 11 is 0. The highest BCUT2D eigenvalue weighted by Crippen LogP contribution is 2.28. The van der Waals surface area contributed by atoms with Gasteiger partial charge in [-0.2, -0.15) is 0 Å². The third-order valence-electron chi connectivity index (χ3n) is 3.18. The zero-order valence-electron chi connectivity index (χ0n) is 11.6. The van der Waals surface area contributed by atoms with Crippen molar-refractivity contribution in [3.63, 3.8) is 0 Å². The number of nitrogens with one attached hydrogen (secondary N) is 1. The van der Waals surface area contributed by atoms with Crippen molar-refractivity contribution >= 4 is 11.4 Å². The van der Waals surface area contributed by atoms with Crippen LogP contribution >= 0.6 is 0 Å². The number of halogens is 2. The Morgan fingerprint density at radius 1 is 1.14 bits per heavy atom. The number of hydrogen-bond donors (Lipinski definition) is 1. The Kier molecular flexibility index (Phi) is 4.16. The first-order chi connectivity index (χ1) is 9.88. The van der Waals surface area contributed by atoms with E-state index in [1.165, 1.54) is 0 Å². The molecule has 110 valence electrons. The quantitative estimate of drug-likeness (QED) is 0.673. The Morgan fingerprint density at radius 3 is 2.14 bits per heavy atom. The summed E-state index contributed by atoms with van der Waals surface area (Å²) in [6.45, 7) is 3.70. The summed E-state index contributed by atoms with van der Waals surface area (Å²) in [4.78, 5) is 9.71. The molecule has 0 bridgehead atoms. The lowest BCUT2D eigenvalue weighted by Crippen LogP contribution is -2.10. The summed E-state index contributed by atoms with van der Waals surface area (Å²) in [7, 11) is 0. The summed E-state index contributed by atoms with van der Waals surface area (Å²) in [6.07, 6.45) is 0.